The lowest BCUT2D eigenvalue weighted by Crippen LogP contribution is -2.01. The van der Waals surface area contributed by atoms with Gasteiger partial charge in [-0.15, -0.1) is 5.10 Å². The number of hydrogen-bond donors (Lipinski definition) is 1. The Labute approximate surface area is 110 Å². The smallest absolute Gasteiger partial charge is 0.163 e. The van der Waals surface area contributed by atoms with Crippen molar-refractivity contribution in [2.75, 3.05) is 19.0 Å². The lowest BCUT2D eigenvalue weighted by atomic mass is 10.2. The standard InChI is InChI=1S/C12H15N3O2S/c1-3-17-12-6-9(4-5-11(12)16-2)13-7-10-8-18-15-14-10/h4-6,8,13H,3,7H2,1-2H3. The molecule has 1 heterocycles. The summed E-state index contributed by atoms with van der Waals surface area (Å²) in [7, 11) is 1.63. The zero-order valence-electron chi connectivity index (χ0n) is 10.3. The Kier molecular flexibility index (Phi) is 4.35. The monoisotopic (exact) mass is 265 g/mol. The molecule has 0 amide bonds. The molecule has 0 radical (unpaired) electrons. The van der Waals surface area contributed by atoms with E-state index < -0.39 is 0 Å². The first kappa shape index (κ1) is 12.6. The van der Waals surface area contributed by atoms with Crippen molar-refractivity contribution < 1.29 is 9.47 Å². The summed E-state index contributed by atoms with van der Waals surface area (Å²) < 4.78 is 14.6. The van der Waals surface area contributed by atoms with Crippen LogP contribution in [0.15, 0.2) is 23.6 Å². The van der Waals surface area contributed by atoms with Crippen LogP contribution < -0.4 is 14.8 Å². The van der Waals surface area contributed by atoms with Gasteiger partial charge in [-0.1, -0.05) is 4.49 Å². The van der Waals surface area contributed by atoms with Crippen LogP contribution in [0.3, 0.4) is 0 Å². The third-order valence-electron chi connectivity index (χ3n) is 2.34. The van der Waals surface area contributed by atoms with Crippen LogP contribution in [-0.2, 0) is 6.54 Å². The maximum Gasteiger partial charge on any atom is 0.163 e. The SMILES string of the molecule is CCOc1cc(NCc2csnn2)ccc1OC. The van der Waals surface area contributed by atoms with E-state index in [0.29, 0.717) is 13.2 Å². The zero-order valence-corrected chi connectivity index (χ0v) is 11.2. The van der Waals surface area contributed by atoms with Crippen LogP contribution in [0.5, 0.6) is 11.5 Å². The predicted molar refractivity (Wildman–Crippen MR) is 71.4 cm³/mol. The van der Waals surface area contributed by atoms with Crippen LogP contribution in [0.1, 0.15) is 12.6 Å². The molecular formula is C12H15N3O2S. The fourth-order valence-electron chi connectivity index (χ4n) is 1.51. The van der Waals surface area contributed by atoms with Gasteiger partial charge < -0.3 is 14.8 Å². The first-order valence-electron chi connectivity index (χ1n) is 5.64. The fourth-order valence-corrected chi connectivity index (χ4v) is 1.96. The Morgan fingerprint density at radius 1 is 1.33 bits per heavy atom. The number of ether oxygens (including phenoxy) is 2. The van der Waals surface area contributed by atoms with Gasteiger partial charge >= 0.3 is 0 Å². The quantitative estimate of drug-likeness (QED) is 0.870. The molecule has 0 bridgehead atoms. The molecular weight excluding hydrogens is 250 g/mol. The summed E-state index contributed by atoms with van der Waals surface area (Å²) in [4.78, 5) is 0. The van der Waals surface area contributed by atoms with E-state index in [1.54, 1.807) is 7.11 Å². The number of methoxy groups -OCH3 is 1. The van der Waals surface area contributed by atoms with E-state index in [1.807, 2.05) is 30.5 Å². The van der Waals surface area contributed by atoms with E-state index in [1.165, 1.54) is 11.5 Å². The average Bonchev–Trinajstić information content (AvgIpc) is 2.90. The van der Waals surface area contributed by atoms with Crippen molar-refractivity contribution in [3.63, 3.8) is 0 Å². The Balaban J connectivity index is 2.06. The molecule has 5 nitrogen and oxygen atoms in total. The van der Waals surface area contributed by atoms with Gasteiger partial charge in [-0.3, -0.25) is 0 Å². The van der Waals surface area contributed by atoms with Crippen LogP contribution >= 0.6 is 11.5 Å². The number of nitrogens with one attached hydrogen (secondary N) is 1. The minimum absolute atomic E-state index is 0.607. The summed E-state index contributed by atoms with van der Waals surface area (Å²) in [6.07, 6.45) is 0. The molecule has 0 spiro atoms. The van der Waals surface area contributed by atoms with E-state index >= 15 is 0 Å². The molecule has 0 aliphatic heterocycles. The largest absolute Gasteiger partial charge is 0.493 e. The molecule has 0 aliphatic carbocycles. The highest BCUT2D eigenvalue weighted by atomic mass is 32.1. The predicted octanol–water partition coefficient (Wildman–Crippen LogP) is 2.56. The van der Waals surface area contributed by atoms with E-state index in [-0.39, 0.29) is 0 Å². The lowest BCUT2D eigenvalue weighted by molar-refractivity contribution is 0.311. The van der Waals surface area contributed by atoms with Gasteiger partial charge in [-0.05, 0) is 30.6 Å². The molecule has 0 saturated heterocycles. The number of nitrogens with zero attached hydrogens (tertiary/aromatic N) is 2. The second-order valence-corrected chi connectivity index (χ2v) is 4.16. The summed E-state index contributed by atoms with van der Waals surface area (Å²) in [5.74, 6) is 1.47. The van der Waals surface area contributed by atoms with E-state index in [9.17, 15) is 0 Å². The van der Waals surface area contributed by atoms with Gasteiger partial charge in [-0.2, -0.15) is 0 Å². The molecule has 0 fully saturated rings. The van der Waals surface area contributed by atoms with E-state index in [2.05, 4.69) is 14.9 Å². The summed E-state index contributed by atoms with van der Waals surface area (Å²) in [6.45, 7) is 3.20. The molecule has 0 atom stereocenters. The third-order valence-corrected chi connectivity index (χ3v) is 2.90. The summed E-state index contributed by atoms with van der Waals surface area (Å²) in [5, 5.41) is 9.16. The van der Waals surface area contributed by atoms with Crippen LogP contribution in [-0.4, -0.2) is 23.3 Å². The molecule has 1 aromatic heterocycles. The number of aromatic nitrogens is 2. The van der Waals surface area contributed by atoms with Gasteiger partial charge in [-0.25, -0.2) is 0 Å². The Hall–Kier alpha value is -1.82. The van der Waals surface area contributed by atoms with Crippen LogP contribution in [0.25, 0.3) is 0 Å². The molecule has 0 aliphatic rings. The van der Waals surface area contributed by atoms with Crippen molar-refractivity contribution in [1.29, 1.82) is 0 Å². The van der Waals surface area contributed by atoms with Crippen molar-refractivity contribution in [2.24, 2.45) is 0 Å². The maximum absolute atomic E-state index is 5.51. The van der Waals surface area contributed by atoms with Crippen molar-refractivity contribution in [1.82, 2.24) is 9.59 Å². The van der Waals surface area contributed by atoms with Gasteiger partial charge in [0.05, 0.1) is 26.0 Å². The molecule has 18 heavy (non-hydrogen) atoms. The van der Waals surface area contributed by atoms with Gasteiger partial charge in [0.1, 0.15) is 0 Å². The summed E-state index contributed by atoms with van der Waals surface area (Å²) in [5.41, 5.74) is 1.89. The highest BCUT2D eigenvalue weighted by Crippen LogP contribution is 2.30. The van der Waals surface area contributed by atoms with Crippen LogP contribution in [0.4, 0.5) is 5.69 Å². The van der Waals surface area contributed by atoms with Crippen LogP contribution in [0.2, 0.25) is 0 Å². The minimum Gasteiger partial charge on any atom is -0.493 e. The normalized spacial score (nSPS) is 10.1. The molecule has 0 saturated carbocycles. The van der Waals surface area contributed by atoms with E-state index in [0.717, 1.165) is 22.9 Å². The highest BCUT2D eigenvalue weighted by molar-refractivity contribution is 7.03. The van der Waals surface area contributed by atoms with Gasteiger partial charge in [0.25, 0.3) is 0 Å². The number of benzene rings is 1. The zero-order chi connectivity index (χ0) is 12.8. The molecule has 96 valence electrons. The maximum atomic E-state index is 5.51. The number of rotatable bonds is 6. The number of anilines is 1. The van der Waals surface area contributed by atoms with Crippen molar-refractivity contribution in [3.05, 3.63) is 29.3 Å². The fraction of sp³-hybridized carbons (Fsp3) is 0.333. The first-order chi connectivity index (χ1) is 8.83. The first-order valence-corrected chi connectivity index (χ1v) is 6.47. The lowest BCUT2D eigenvalue weighted by Gasteiger charge is -2.11. The Bertz CT molecular complexity index is 488. The molecule has 1 aromatic carbocycles. The second-order valence-electron chi connectivity index (χ2n) is 3.55. The molecule has 2 aromatic rings. The molecule has 6 heteroatoms. The average molecular weight is 265 g/mol. The van der Waals surface area contributed by atoms with E-state index in [4.69, 9.17) is 9.47 Å². The summed E-state index contributed by atoms with van der Waals surface area (Å²) >= 11 is 1.35. The van der Waals surface area contributed by atoms with Gasteiger partial charge in [0.15, 0.2) is 11.5 Å². The second kappa shape index (κ2) is 6.20. The Morgan fingerprint density at radius 3 is 2.89 bits per heavy atom. The van der Waals surface area contributed by atoms with Crippen molar-refractivity contribution in [3.8, 4) is 11.5 Å². The van der Waals surface area contributed by atoms with Gasteiger partial charge in [0, 0.05) is 17.1 Å². The molecule has 2 rings (SSSR count). The van der Waals surface area contributed by atoms with Crippen LogP contribution in [0, 0.1) is 0 Å². The van der Waals surface area contributed by atoms with Gasteiger partial charge in [0.2, 0.25) is 0 Å². The molecule has 0 unspecified atom stereocenters. The Morgan fingerprint density at radius 2 is 2.22 bits per heavy atom. The molecule has 1 N–H and O–H groups in total. The topological polar surface area (TPSA) is 56.3 Å². The van der Waals surface area contributed by atoms with Crippen molar-refractivity contribution >= 4 is 17.2 Å². The summed E-state index contributed by atoms with van der Waals surface area (Å²) in [6, 6.07) is 5.75. The number of hydrogen-bond acceptors (Lipinski definition) is 6. The van der Waals surface area contributed by atoms with Crippen molar-refractivity contribution in [2.45, 2.75) is 13.5 Å². The third kappa shape index (κ3) is 3.10. The highest BCUT2D eigenvalue weighted by Gasteiger charge is 2.05. The minimum atomic E-state index is 0.607.